The molecular formula is C15H21ClN4O2. The van der Waals surface area contributed by atoms with Crippen LogP contribution in [0, 0.1) is 0 Å². The van der Waals surface area contributed by atoms with Gasteiger partial charge in [0, 0.05) is 25.6 Å². The summed E-state index contributed by atoms with van der Waals surface area (Å²) in [6.45, 7) is 2.77. The van der Waals surface area contributed by atoms with Crippen molar-refractivity contribution < 1.29 is 4.79 Å². The van der Waals surface area contributed by atoms with Crippen molar-refractivity contribution in [3.05, 3.63) is 40.9 Å². The molecule has 0 bridgehead atoms. The van der Waals surface area contributed by atoms with E-state index >= 15 is 0 Å². The molecule has 0 fully saturated rings. The van der Waals surface area contributed by atoms with E-state index in [2.05, 4.69) is 10.3 Å². The molecule has 2 aromatic rings. The van der Waals surface area contributed by atoms with E-state index in [0.29, 0.717) is 24.0 Å². The highest BCUT2D eigenvalue weighted by molar-refractivity contribution is 5.85. The molecule has 1 amide bonds. The molecule has 0 radical (unpaired) electrons. The molecule has 1 unspecified atom stereocenters. The number of para-hydroxylation sites is 1. The molecule has 6 nitrogen and oxygen atoms in total. The van der Waals surface area contributed by atoms with Crippen molar-refractivity contribution in [3.8, 4) is 0 Å². The van der Waals surface area contributed by atoms with Gasteiger partial charge in [-0.15, -0.1) is 12.4 Å². The number of rotatable bonds is 6. The Hall–Kier alpha value is -1.92. The molecule has 22 heavy (non-hydrogen) atoms. The first-order chi connectivity index (χ1) is 10.1. The molecule has 1 aromatic heterocycles. The molecular weight excluding hydrogens is 304 g/mol. The highest BCUT2D eigenvalue weighted by atomic mass is 35.5. The van der Waals surface area contributed by atoms with E-state index < -0.39 is 0 Å². The van der Waals surface area contributed by atoms with Crippen LogP contribution < -0.4 is 16.6 Å². The Kier molecular flexibility index (Phi) is 7.01. The van der Waals surface area contributed by atoms with E-state index in [9.17, 15) is 9.59 Å². The van der Waals surface area contributed by atoms with Gasteiger partial charge in [0.05, 0.1) is 17.2 Å². The van der Waals surface area contributed by atoms with Crippen molar-refractivity contribution >= 4 is 29.2 Å². The Balaban J connectivity index is 0.00000242. The van der Waals surface area contributed by atoms with Crippen molar-refractivity contribution in [2.75, 3.05) is 6.54 Å². The van der Waals surface area contributed by atoms with Gasteiger partial charge < -0.3 is 11.1 Å². The number of hydrogen-bond acceptors (Lipinski definition) is 4. The number of amides is 1. The number of benzene rings is 1. The average molecular weight is 325 g/mol. The van der Waals surface area contributed by atoms with Crippen LogP contribution in [0.3, 0.4) is 0 Å². The maximum atomic E-state index is 12.2. The minimum Gasteiger partial charge on any atom is -0.356 e. The smallest absolute Gasteiger partial charge is 0.261 e. The van der Waals surface area contributed by atoms with E-state index in [1.807, 2.05) is 13.0 Å². The summed E-state index contributed by atoms with van der Waals surface area (Å²) in [5, 5.41) is 3.35. The second-order valence-corrected chi connectivity index (χ2v) is 5.13. The summed E-state index contributed by atoms with van der Waals surface area (Å²) in [5.74, 6) is -0.0873. The lowest BCUT2D eigenvalue weighted by atomic mass is 10.2. The van der Waals surface area contributed by atoms with Crippen LogP contribution in [-0.4, -0.2) is 28.0 Å². The Morgan fingerprint density at radius 2 is 2.14 bits per heavy atom. The molecule has 1 heterocycles. The third-order valence-electron chi connectivity index (χ3n) is 3.23. The Bertz CT molecular complexity index is 685. The minimum absolute atomic E-state index is 0. The van der Waals surface area contributed by atoms with Crippen molar-refractivity contribution in [2.45, 2.75) is 32.4 Å². The number of aromatic nitrogens is 2. The van der Waals surface area contributed by atoms with Crippen molar-refractivity contribution in [2.24, 2.45) is 5.73 Å². The fourth-order valence-corrected chi connectivity index (χ4v) is 2.02. The predicted molar refractivity (Wildman–Crippen MR) is 89.1 cm³/mol. The number of fused-ring (bicyclic) bond motifs is 1. The van der Waals surface area contributed by atoms with Crippen LogP contribution in [-0.2, 0) is 11.3 Å². The van der Waals surface area contributed by atoms with Crippen LogP contribution in [0.5, 0.6) is 0 Å². The number of hydrogen-bond donors (Lipinski definition) is 2. The molecule has 120 valence electrons. The van der Waals surface area contributed by atoms with Gasteiger partial charge in [-0.25, -0.2) is 4.98 Å². The van der Waals surface area contributed by atoms with Gasteiger partial charge in [0.2, 0.25) is 5.91 Å². The van der Waals surface area contributed by atoms with E-state index in [4.69, 9.17) is 5.73 Å². The molecule has 1 aromatic carbocycles. The Morgan fingerprint density at radius 3 is 2.86 bits per heavy atom. The van der Waals surface area contributed by atoms with Crippen LogP contribution in [0.25, 0.3) is 10.9 Å². The molecule has 2 rings (SSSR count). The van der Waals surface area contributed by atoms with Crippen LogP contribution >= 0.6 is 12.4 Å². The number of nitrogens with zero attached hydrogens (tertiary/aromatic N) is 2. The fourth-order valence-electron chi connectivity index (χ4n) is 2.02. The van der Waals surface area contributed by atoms with Gasteiger partial charge in [0.1, 0.15) is 0 Å². The second-order valence-electron chi connectivity index (χ2n) is 5.13. The highest BCUT2D eigenvalue weighted by Gasteiger charge is 2.06. The maximum absolute atomic E-state index is 12.2. The van der Waals surface area contributed by atoms with Gasteiger partial charge in [-0.1, -0.05) is 12.1 Å². The number of nitrogens with one attached hydrogen (secondary N) is 1. The van der Waals surface area contributed by atoms with Crippen LogP contribution in [0.1, 0.15) is 19.8 Å². The van der Waals surface area contributed by atoms with E-state index in [0.717, 1.165) is 6.42 Å². The molecule has 0 aliphatic carbocycles. The number of aryl methyl sites for hydroxylation is 1. The molecule has 3 N–H and O–H groups in total. The fraction of sp³-hybridized carbons (Fsp3) is 0.400. The van der Waals surface area contributed by atoms with Crippen molar-refractivity contribution in [1.29, 1.82) is 0 Å². The van der Waals surface area contributed by atoms with Crippen LogP contribution in [0.15, 0.2) is 35.4 Å². The molecule has 0 aliphatic rings. The first-order valence-corrected chi connectivity index (χ1v) is 7.04. The van der Waals surface area contributed by atoms with Gasteiger partial charge in [0.15, 0.2) is 0 Å². The third kappa shape index (κ3) is 4.82. The van der Waals surface area contributed by atoms with Crippen LogP contribution in [0.4, 0.5) is 0 Å². The molecule has 0 saturated heterocycles. The molecule has 7 heteroatoms. The first-order valence-electron chi connectivity index (χ1n) is 7.04. The number of halogens is 1. The normalized spacial score (nSPS) is 11.7. The monoisotopic (exact) mass is 324 g/mol. The number of carbonyl (C=O) groups is 1. The standard InChI is InChI=1S/C15H20N4O2.ClH/c1-11(16)6-8-17-14(20)7-9-19-10-18-13-5-3-2-4-12(13)15(19)21;/h2-5,10-11H,6-9,16H2,1H3,(H,17,20);1H. The van der Waals surface area contributed by atoms with E-state index in [1.54, 1.807) is 18.2 Å². The van der Waals surface area contributed by atoms with Gasteiger partial charge in [-0.3, -0.25) is 14.2 Å². The zero-order chi connectivity index (χ0) is 15.2. The number of carbonyl (C=O) groups excluding carboxylic acids is 1. The predicted octanol–water partition coefficient (Wildman–Crippen LogP) is 1.06. The van der Waals surface area contributed by atoms with E-state index in [1.165, 1.54) is 10.9 Å². The van der Waals surface area contributed by atoms with Crippen molar-refractivity contribution in [1.82, 2.24) is 14.9 Å². The topological polar surface area (TPSA) is 90.0 Å². The van der Waals surface area contributed by atoms with Gasteiger partial charge in [-0.05, 0) is 25.5 Å². The minimum atomic E-state index is -0.121. The molecule has 1 atom stereocenters. The zero-order valence-corrected chi connectivity index (χ0v) is 13.3. The van der Waals surface area contributed by atoms with Gasteiger partial charge in [-0.2, -0.15) is 0 Å². The van der Waals surface area contributed by atoms with E-state index in [-0.39, 0.29) is 36.3 Å². The van der Waals surface area contributed by atoms with Gasteiger partial charge >= 0.3 is 0 Å². The molecule has 0 spiro atoms. The highest BCUT2D eigenvalue weighted by Crippen LogP contribution is 2.04. The third-order valence-corrected chi connectivity index (χ3v) is 3.23. The second kappa shape index (κ2) is 8.51. The summed E-state index contributed by atoms with van der Waals surface area (Å²) < 4.78 is 1.47. The lowest BCUT2D eigenvalue weighted by Gasteiger charge is -2.08. The summed E-state index contributed by atoms with van der Waals surface area (Å²) >= 11 is 0. The first kappa shape index (κ1) is 18.1. The van der Waals surface area contributed by atoms with Gasteiger partial charge in [0.25, 0.3) is 5.56 Å². The molecule has 0 saturated carbocycles. The summed E-state index contributed by atoms with van der Waals surface area (Å²) in [6, 6.07) is 7.24. The number of nitrogens with two attached hydrogens (primary N) is 1. The Labute approximate surface area is 135 Å². The zero-order valence-electron chi connectivity index (χ0n) is 12.5. The SMILES string of the molecule is CC(N)CCNC(=O)CCn1cnc2ccccc2c1=O.Cl. The lowest BCUT2D eigenvalue weighted by molar-refractivity contribution is -0.121. The molecule has 0 aliphatic heterocycles. The summed E-state index contributed by atoms with van der Waals surface area (Å²) in [6.07, 6.45) is 2.47. The lowest BCUT2D eigenvalue weighted by Crippen LogP contribution is -2.30. The summed E-state index contributed by atoms with van der Waals surface area (Å²) in [7, 11) is 0. The summed E-state index contributed by atoms with van der Waals surface area (Å²) in [4.78, 5) is 28.1. The van der Waals surface area contributed by atoms with Crippen LogP contribution in [0.2, 0.25) is 0 Å². The largest absolute Gasteiger partial charge is 0.356 e. The van der Waals surface area contributed by atoms with Crippen molar-refractivity contribution in [3.63, 3.8) is 0 Å². The maximum Gasteiger partial charge on any atom is 0.261 e. The summed E-state index contributed by atoms with van der Waals surface area (Å²) in [5.41, 5.74) is 6.16. The quantitative estimate of drug-likeness (QED) is 0.831. The Morgan fingerprint density at radius 1 is 1.41 bits per heavy atom. The average Bonchev–Trinajstić information content (AvgIpc) is 2.46.